The third kappa shape index (κ3) is 2.24. The van der Waals surface area contributed by atoms with Crippen LogP contribution in [-0.4, -0.2) is 16.0 Å². The summed E-state index contributed by atoms with van der Waals surface area (Å²) in [5, 5.41) is -4.96. The minimum Gasteiger partial charge on any atom is -0.276 e. The number of carbonyl (C=O) groups excluding carboxylic acids is 1. The molecule has 54 valence electrons. The Bertz CT molecular complexity index is 124. The Labute approximate surface area is 64.9 Å². The van der Waals surface area contributed by atoms with E-state index in [4.69, 9.17) is 0 Å². The quantitative estimate of drug-likeness (QED) is 0.490. The van der Waals surface area contributed by atoms with Gasteiger partial charge in [-0.05, 0) is 11.6 Å². The molecule has 0 N–H and O–H groups in total. The second-order valence-electron chi connectivity index (χ2n) is 1.20. The van der Waals surface area contributed by atoms with Crippen molar-refractivity contribution in [1.29, 1.82) is 0 Å². The van der Waals surface area contributed by atoms with Crippen molar-refractivity contribution in [3.8, 4) is 0 Å². The van der Waals surface area contributed by atoms with Crippen LogP contribution in [0.3, 0.4) is 0 Å². The summed E-state index contributed by atoms with van der Waals surface area (Å²) in [6, 6.07) is 0. The maximum absolute atomic E-state index is 12.1. The topological polar surface area (TPSA) is 17.1 Å². The summed E-state index contributed by atoms with van der Waals surface area (Å²) >= 11 is 13.5. The molecule has 0 bridgehead atoms. The highest BCUT2D eigenvalue weighted by Crippen LogP contribution is 2.29. The van der Waals surface area contributed by atoms with Crippen LogP contribution in [0.5, 0.6) is 0 Å². The van der Waals surface area contributed by atoms with E-state index in [1.54, 1.807) is 0 Å². The molecule has 0 saturated heterocycles. The maximum atomic E-state index is 12.1. The van der Waals surface area contributed by atoms with Crippen molar-refractivity contribution >= 4 is 40.0 Å². The van der Waals surface area contributed by atoms with Gasteiger partial charge in [0, 0.05) is 0 Å². The van der Waals surface area contributed by atoms with Crippen LogP contribution in [0.2, 0.25) is 0 Å². The summed E-state index contributed by atoms with van der Waals surface area (Å²) in [7, 11) is 0. The summed E-state index contributed by atoms with van der Waals surface area (Å²) < 4.78 is 23.8. The standard InChI is InChI=1S/C3HCl3F2O/c4-1(7)3(6,8)2(5)9/h1H. The van der Waals surface area contributed by atoms with Gasteiger partial charge < -0.3 is 0 Å². The molecule has 0 heterocycles. The van der Waals surface area contributed by atoms with Crippen LogP contribution in [0.15, 0.2) is 0 Å². The van der Waals surface area contributed by atoms with Crippen molar-refractivity contribution in [2.75, 3.05) is 0 Å². The molecule has 1 nitrogen and oxygen atoms in total. The van der Waals surface area contributed by atoms with E-state index in [2.05, 4.69) is 34.8 Å². The van der Waals surface area contributed by atoms with E-state index >= 15 is 0 Å². The zero-order chi connectivity index (χ0) is 7.65. The molecule has 0 amide bonds. The van der Waals surface area contributed by atoms with Gasteiger partial charge in [-0.3, -0.25) is 4.79 Å². The summed E-state index contributed by atoms with van der Waals surface area (Å²) in [6.07, 6.45) is 0. The van der Waals surface area contributed by atoms with Crippen LogP contribution in [0, 0.1) is 0 Å². The van der Waals surface area contributed by atoms with E-state index in [-0.39, 0.29) is 0 Å². The lowest BCUT2D eigenvalue weighted by Gasteiger charge is -2.10. The molecule has 0 rings (SSSR count). The molecule has 0 radical (unpaired) electrons. The molecule has 0 aromatic rings. The van der Waals surface area contributed by atoms with Crippen molar-refractivity contribution in [1.82, 2.24) is 0 Å². The largest absolute Gasteiger partial charge is 0.301 e. The van der Waals surface area contributed by atoms with Crippen LogP contribution in [0.1, 0.15) is 0 Å². The molecule has 0 aliphatic carbocycles. The molecule has 2 atom stereocenters. The van der Waals surface area contributed by atoms with E-state index in [0.717, 1.165) is 0 Å². The van der Waals surface area contributed by atoms with Gasteiger partial charge in [-0.2, -0.15) is 0 Å². The Balaban J connectivity index is 4.19. The molecule has 9 heavy (non-hydrogen) atoms. The third-order valence-corrected chi connectivity index (χ3v) is 1.68. The first-order valence-corrected chi connectivity index (χ1v) is 2.94. The van der Waals surface area contributed by atoms with Crippen molar-refractivity contribution in [2.24, 2.45) is 0 Å². The van der Waals surface area contributed by atoms with Crippen molar-refractivity contribution in [3.05, 3.63) is 0 Å². The van der Waals surface area contributed by atoms with Gasteiger partial charge in [-0.1, -0.05) is 23.2 Å². The third-order valence-electron chi connectivity index (χ3n) is 0.536. The molecule has 0 spiro atoms. The number of hydrogen-bond donors (Lipinski definition) is 0. The zero-order valence-corrected chi connectivity index (χ0v) is 6.14. The van der Waals surface area contributed by atoms with Gasteiger partial charge in [0.05, 0.1) is 0 Å². The lowest BCUT2D eigenvalue weighted by atomic mass is 10.4. The molecule has 0 aliphatic rings. The fourth-order valence-electron chi connectivity index (χ4n) is 0.0858. The fourth-order valence-corrected chi connectivity index (χ4v) is 0.337. The minimum atomic E-state index is -3.30. The van der Waals surface area contributed by atoms with Crippen LogP contribution < -0.4 is 0 Å². The predicted molar refractivity (Wildman–Crippen MR) is 31.3 cm³/mol. The summed E-state index contributed by atoms with van der Waals surface area (Å²) in [5.41, 5.74) is -2.62. The van der Waals surface area contributed by atoms with E-state index in [9.17, 15) is 13.6 Å². The normalized spacial score (nSPS) is 20.6. The van der Waals surface area contributed by atoms with Gasteiger partial charge in [-0.25, -0.2) is 8.78 Å². The Morgan fingerprint density at radius 2 is 2.00 bits per heavy atom. The van der Waals surface area contributed by atoms with Crippen molar-refractivity contribution < 1.29 is 13.6 Å². The van der Waals surface area contributed by atoms with E-state index in [1.165, 1.54) is 0 Å². The van der Waals surface area contributed by atoms with Gasteiger partial charge in [-0.15, -0.1) is 0 Å². The number of carbonyl (C=O) groups is 1. The summed E-state index contributed by atoms with van der Waals surface area (Å²) in [6.45, 7) is 0. The first kappa shape index (κ1) is 9.40. The summed E-state index contributed by atoms with van der Waals surface area (Å²) in [5.74, 6) is 0. The zero-order valence-electron chi connectivity index (χ0n) is 3.88. The predicted octanol–water partition coefficient (Wildman–Crippen LogP) is 2.19. The molecule has 0 aromatic heterocycles. The van der Waals surface area contributed by atoms with Gasteiger partial charge in [0.15, 0.2) is 0 Å². The highest BCUT2D eigenvalue weighted by Gasteiger charge is 2.43. The molecule has 0 aromatic carbocycles. The van der Waals surface area contributed by atoms with Gasteiger partial charge in [0.2, 0.25) is 5.63 Å². The van der Waals surface area contributed by atoms with Gasteiger partial charge in [0.1, 0.15) is 0 Å². The van der Waals surface area contributed by atoms with Crippen LogP contribution in [0.4, 0.5) is 8.78 Å². The number of halogens is 5. The monoisotopic (exact) mass is 196 g/mol. The fraction of sp³-hybridized carbons (Fsp3) is 0.667. The molecule has 6 heteroatoms. The average molecular weight is 197 g/mol. The van der Waals surface area contributed by atoms with E-state index < -0.39 is 16.0 Å². The smallest absolute Gasteiger partial charge is 0.276 e. The first-order valence-electron chi connectivity index (χ1n) is 1.75. The average Bonchev–Trinajstić information content (AvgIpc) is 1.65. The lowest BCUT2D eigenvalue weighted by Crippen LogP contribution is -2.30. The summed E-state index contributed by atoms with van der Waals surface area (Å²) in [4.78, 5) is 9.84. The Hall–Kier alpha value is 0.400. The SMILES string of the molecule is O=C(Cl)C(F)(Cl)C(F)Cl. The van der Waals surface area contributed by atoms with Crippen LogP contribution >= 0.6 is 34.8 Å². The van der Waals surface area contributed by atoms with Crippen molar-refractivity contribution in [2.45, 2.75) is 10.8 Å². The first-order chi connectivity index (χ1) is 3.89. The molecular weight excluding hydrogens is 196 g/mol. The molecule has 0 aliphatic heterocycles. The van der Waals surface area contributed by atoms with Crippen LogP contribution in [0.25, 0.3) is 0 Å². The second-order valence-corrected chi connectivity index (χ2v) is 2.47. The van der Waals surface area contributed by atoms with Crippen molar-refractivity contribution in [3.63, 3.8) is 0 Å². The molecule has 2 unspecified atom stereocenters. The Morgan fingerprint density at radius 1 is 1.67 bits per heavy atom. The van der Waals surface area contributed by atoms with E-state index in [0.29, 0.717) is 0 Å². The Kier molecular flexibility index (Phi) is 3.12. The number of hydrogen-bond acceptors (Lipinski definition) is 1. The molecule has 0 fully saturated rings. The molecule has 0 saturated carbocycles. The number of rotatable bonds is 2. The minimum absolute atomic E-state index is 1.66. The maximum Gasteiger partial charge on any atom is 0.301 e. The van der Waals surface area contributed by atoms with Gasteiger partial charge >= 0.3 is 5.13 Å². The lowest BCUT2D eigenvalue weighted by molar-refractivity contribution is -0.119. The van der Waals surface area contributed by atoms with Crippen LogP contribution in [-0.2, 0) is 4.79 Å². The Morgan fingerprint density at radius 3 is 2.00 bits per heavy atom. The number of alkyl halides is 4. The highest BCUT2D eigenvalue weighted by molar-refractivity contribution is 6.71. The highest BCUT2D eigenvalue weighted by atomic mass is 35.5. The second kappa shape index (κ2) is 2.99. The van der Waals surface area contributed by atoms with Gasteiger partial charge in [0.25, 0.3) is 5.24 Å². The van der Waals surface area contributed by atoms with E-state index in [1.807, 2.05) is 0 Å². The molecular formula is C3HCl3F2O.